The quantitative estimate of drug-likeness (QED) is 0.661. The average molecular weight is 346 g/mol. The Kier molecular flexibility index (Phi) is 6.01. The zero-order chi connectivity index (χ0) is 18.2. The van der Waals surface area contributed by atoms with E-state index in [0.717, 1.165) is 5.75 Å². The van der Waals surface area contributed by atoms with Gasteiger partial charge in [0.15, 0.2) is 5.75 Å². The maximum absolute atomic E-state index is 12.3. The number of aryl methyl sites for hydroxylation is 1. The highest BCUT2D eigenvalue weighted by atomic mass is 16.5. The van der Waals surface area contributed by atoms with E-state index in [1.54, 1.807) is 0 Å². The number of carbonyl (C=O) groups excluding carboxylic acids is 1. The second kappa shape index (κ2) is 8.83. The van der Waals surface area contributed by atoms with Gasteiger partial charge in [-0.15, -0.1) is 0 Å². The summed E-state index contributed by atoms with van der Waals surface area (Å²) in [6, 6.07) is 25.1. The highest BCUT2D eigenvalue weighted by molar-refractivity contribution is 5.93. The monoisotopic (exact) mass is 346 g/mol. The Labute approximate surface area is 153 Å². The highest BCUT2D eigenvalue weighted by Gasteiger charge is 2.08. The first-order chi connectivity index (χ1) is 12.7. The van der Waals surface area contributed by atoms with Crippen molar-refractivity contribution in [2.24, 2.45) is 0 Å². The van der Waals surface area contributed by atoms with E-state index in [9.17, 15) is 4.79 Å². The fraction of sp³-hybridized carbons (Fsp3) is 0.136. The van der Waals surface area contributed by atoms with Crippen LogP contribution < -0.4 is 15.4 Å². The molecule has 0 heterocycles. The standard InChI is InChI=1S/C22H22N2O2/c1-17-9-5-6-10-18(17)15-23-16-22(25)24-20-13-7-8-14-21(20)26-19-11-3-2-4-12-19/h2-14,23H,15-16H2,1H3,(H,24,25). The molecule has 132 valence electrons. The summed E-state index contributed by atoms with van der Waals surface area (Å²) in [4.78, 5) is 12.3. The van der Waals surface area contributed by atoms with Gasteiger partial charge in [0.1, 0.15) is 5.75 Å². The minimum atomic E-state index is -0.109. The van der Waals surface area contributed by atoms with Gasteiger partial charge >= 0.3 is 0 Å². The first-order valence-corrected chi connectivity index (χ1v) is 8.59. The molecule has 4 heteroatoms. The third-order valence-electron chi connectivity index (χ3n) is 3.99. The summed E-state index contributed by atoms with van der Waals surface area (Å²) in [6.45, 7) is 2.95. The number of carbonyl (C=O) groups is 1. The SMILES string of the molecule is Cc1ccccc1CNCC(=O)Nc1ccccc1Oc1ccccc1. The molecule has 3 aromatic carbocycles. The number of hydrogen-bond acceptors (Lipinski definition) is 3. The summed E-state index contributed by atoms with van der Waals surface area (Å²) in [5.41, 5.74) is 3.05. The van der Waals surface area contributed by atoms with Crippen molar-refractivity contribution < 1.29 is 9.53 Å². The number of rotatable bonds is 7. The fourth-order valence-corrected chi connectivity index (χ4v) is 2.59. The van der Waals surface area contributed by atoms with Gasteiger partial charge in [0.05, 0.1) is 12.2 Å². The van der Waals surface area contributed by atoms with Crippen LogP contribution in [0.2, 0.25) is 0 Å². The smallest absolute Gasteiger partial charge is 0.238 e. The Morgan fingerprint density at radius 1 is 0.885 bits per heavy atom. The van der Waals surface area contributed by atoms with E-state index >= 15 is 0 Å². The Morgan fingerprint density at radius 3 is 2.38 bits per heavy atom. The molecule has 0 atom stereocenters. The summed E-state index contributed by atoms with van der Waals surface area (Å²) >= 11 is 0. The largest absolute Gasteiger partial charge is 0.455 e. The van der Waals surface area contributed by atoms with Crippen LogP contribution in [0.3, 0.4) is 0 Å². The first kappa shape index (κ1) is 17.7. The molecule has 0 aliphatic carbocycles. The molecule has 4 nitrogen and oxygen atoms in total. The number of hydrogen-bond donors (Lipinski definition) is 2. The molecule has 0 unspecified atom stereocenters. The predicted octanol–water partition coefficient (Wildman–Crippen LogP) is 4.52. The van der Waals surface area contributed by atoms with Crippen LogP contribution in [0.25, 0.3) is 0 Å². The van der Waals surface area contributed by atoms with Crippen LogP contribution in [0, 0.1) is 6.92 Å². The number of anilines is 1. The molecule has 0 saturated carbocycles. The van der Waals surface area contributed by atoms with E-state index in [1.807, 2.05) is 66.7 Å². The number of benzene rings is 3. The minimum absolute atomic E-state index is 0.109. The average Bonchev–Trinajstić information content (AvgIpc) is 2.66. The van der Waals surface area contributed by atoms with Crippen LogP contribution >= 0.6 is 0 Å². The molecular weight excluding hydrogens is 324 g/mol. The normalized spacial score (nSPS) is 10.3. The molecule has 0 saturated heterocycles. The maximum atomic E-state index is 12.3. The number of ether oxygens (including phenoxy) is 1. The van der Waals surface area contributed by atoms with Gasteiger partial charge in [-0.25, -0.2) is 0 Å². The summed E-state index contributed by atoms with van der Waals surface area (Å²) in [6.07, 6.45) is 0. The van der Waals surface area contributed by atoms with E-state index in [-0.39, 0.29) is 12.5 Å². The van der Waals surface area contributed by atoms with E-state index in [0.29, 0.717) is 18.0 Å². The zero-order valence-electron chi connectivity index (χ0n) is 14.7. The van der Waals surface area contributed by atoms with Gasteiger partial charge in [0.2, 0.25) is 5.91 Å². The predicted molar refractivity (Wildman–Crippen MR) is 104 cm³/mol. The molecule has 0 aromatic heterocycles. The van der Waals surface area contributed by atoms with Crippen LogP contribution in [0.4, 0.5) is 5.69 Å². The van der Waals surface area contributed by atoms with E-state index in [4.69, 9.17) is 4.74 Å². The molecule has 0 bridgehead atoms. The molecule has 2 N–H and O–H groups in total. The second-order valence-electron chi connectivity index (χ2n) is 5.99. The molecular formula is C22H22N2O2. The summed E-state index contributed by atoms with van der Waals surface area (Å²) < 4.78 is 5.86. The Bertz CT molecular complexity index is 863. The molecule has 0 spiro atoms. The second-order valence-corrected chi connectivity index (χ2v) is 5.99. The Hall–Kier alpha value is -3.11. The summed E-state index contributed by atoms with van der Waals surface area (Å²) in [5.74, 6) is 1.24. The third kappa shape index (κ3) is 4.94. The Balaban J connectivity index is 1.57. The van der Waals surface area contributed by atoms with Crippen LogP contribution in [0.5, 0.6) is 11.5 Å². The van der Waals surface area contributed by atoms with Crippen molar-refractivity contribution in [2.75, 3.05) is 11.9 Å². The maximum Gasteiger partial charge on any atom is 0.238 e. The topological polar surface area (TPSA) is 50.4 Å². The van der Waals surface area contributed by atoms with E-state index < -0.39 is 0 Å². The minimum Gasteiger partial charge on any atom is -0.455 e. The van der Waals surface area contributed by atoms with Crippen LogP contribution in [0.1, 0.15) is 11.1 Å². The highest BCUT2D eigenvalue weighted by Crippen LogP contribution is 2.28. The van der Waals surface area contributed by atoms with Crippen LogP contribution in [0.15, 0.2) is 78.9 Å². The number of para-hydroxylation sites is 3. The van der Waals surface area contributed by atoms with Crippen molar-refractivity contribution in [3.05, 3.63) is 90.0 Å². The number of amides is 1. The van der Waals surface area contributed by atoms with Crippen molar-refractivity contribution in [3.8, 4) is 11.5 Å². The lowest BCUT2D eigenvalue weighted by Gasteiger charge is -2.13. The van der Waals surface area contributed by atoms with Gasteiger partial charge < -0.3 is 15.4 Å². The van der Waals surface area contributed by atoms with Gasteiger partial charge in [-0.1, -0.05) is 54.6 Å². The summed E-state index contributed by atoms with van der Waals surface area (Å²) in [5, 5.41) is 6.08. The zero-order valence-corrected chi connectivity index (χ0v) is 14.7. The van der Waals surface area contributed by atoms with Crippen molar-refractivity contribution in [3.63, 3.8) is 0 Å². The van der Waals surface area contributed by atoms with Crippen molar-refractivity contribution in [1.82, 2.24) is 5.32 Å². The molecule has 26 heavy (non-hydrogen) atoms. The molecule has 0 aliphatic rings. The lowest BCUT2D eigenvalue weighted by Crippen LogP contribution is -2.28. The van der Waals surface area contributed by atoms with Crippen LogP contribution in [-0.4, -0.2) is 12.5 Å². The Morgan fingerprint density at radius 2 is 1.58 bits per heavy atom. The van der Waals surface area contributed by atoms with Gasteiger partial charge in [-0.3, -0.25) is 4.79 Å². The van der Waals surface area contributed by atoms with Crippen LogP contribution in [-0.2, 0) is 11.3 Å². The molecule has 0 radical (unpaired) electrons. The molecule has 0 aliphatic heterocycles. The van der Waals surface area contributed by atoms with E-state index in [1.165, 1.54) is 11.1 Å². The van der Waals surface area contributed by atoms with E-state index in [2.05, 4.69) is 29.7 Å². The van der Waals surface area contributed by atoms with Crippen molar-refractivity contribution in [1.29, 1.82) is 0 Å². The van der Waals surface area contributed by atoms with Gasteiger partial charge in [-0.2, -0.15) is 0 Å². The van der Waals surface area contributed by atoms with Crippen molar-refractivity contribution >= 4 is 11.6 Å². The van der Waals surface area contributed by atoms with Gasteiger partial charge in [-0.05, 0) is 42.3 Å². The molecule has 3 rings (SSSR count). The lowest BCUT2D eigenvalue weighted by molar-refractivity contribution is -0.115. The fourth-order valence-electron chi connectivity index (χ4n) is 2.59. The van der Waals surface area contributed by atoms with Gasteiger partial charge in [0.25, 0.3) is 0 Å². The first-order valence-electron chi connectivity index (χ1n) is 8.59. The lowest BCUT2D eigenvalue weighted by atomic mass is 10.1. The summed E-state index contributed by atoms with van der Waals surface area (Å²) in [7, 11) is 0. The molecule has 1 amide bonds. The van der Waals surface area contributed by atoms with Crippen molar-refractivity contribution in [2.45, 2.75) is 13.5 Å². The molecule has 3 aromatic rings. The number of nitrogens with one attached hydrogen (secondary N) is 2. The third-order valence-corrected chi connectivity index (χ3v) is 3.99. The van der Waals surface area contributed by atoms with Gasteiger partial charge in [0, 0.05) is 6.54 Å². The molecule has 0 fully saturated rings.